The lowest BCUT2D eigenvalue weighted by Gasteiger charge is -2.15. The highest BCUT2D eigenvalue weighted by molar-refractivity contribution is 5.62. The predicted molar refractivity (Wildman–Crippen MR) is 106 cm³/mol. The van der Waals surface area contributed by atoms with Crippen LogP contribution in [0, 0.1) is 10.8 Å². The number of hydrogen-bond acceptors (Lipinski definition) is 3. The minimum Gasteiger partial charge on any atom is -0.282 e. The second-order valence-electron chi connectivity index (χ2n) is 9.44. The summed E-state index contributed by atoms with van der Waals surface area (Å²) in [6, 6.07) is 10.2. The Hall–Kier alpha value is -2.43. The molecule has 26 heavy (non-hydrogen) atoms. The van der Waals surface area contributed by atoms with Crippen molar-refractivity contribution in [3.63, 3.8) is 0 Å². The third-order valence-corrected chi connectivity index (χ3v) is 3.98. The van der Waals surface area contributed by atoms with Crippen molar-refractivity contribution >= 4 is 0 Å². The zero-order valence-corrected chi connectivity index (χ0v) is 16.6. The van der Waals surface area contributed by atoms with Crippen LogP contribution in [0.2, 0.25) is 0 Å². The number of nitrogens with zero attached hydrogens (tertiary/aromatic N) is 3. The Morgan fingerprint density at radius 3 is 1.50 bits per heavy atom. The van der Waals surface area contributed by atoms with Crippen LogP contribution in [0.4, 0.5) is 0 Å². The number of rotatable bonds is 4. The fourth-order valence-corrected chi connectivity index (χ4v) is 3.03. The number of nitrogens with one attached hydrogen (secondary N) is 2. The van der Waals surface area contributed by atoms with Gasteiger partial charge in [-0.25, -0.2) is 4.98 Å². The van der Waals surface area contributed by atoms with Crippen LogP contribution in [0.1, 0.15) is 52.9 Å². The minimum atomic E-state index is 0.220. The van der Waals surface area contributed by atoms with Gasteiger partial charge in [-0.15, -0.1) is 0 Å². The Morgan fingerprint density at radius 1 is 0.692 bits per heavy atom. The molecule has 3 aromatic heterocycles. The first-order chi connectivity index (χ1) is 12.1. The van der Waals surface area contributed by atoms with Crippen molar-refractivity contribution in [2.24, 2.45) is 10.8 Å². The van der Waals surface area contributed by atoms with Crippen molar-refractivity contribution in [2.75, 3.05) is 0 Å². The quantitative estimate of drug-likeness (QED) is 0.692. The molecule has 0 fully saturated rings. The smallest absolute Gasteiger partial charge is 0.111 e. The molecule has 0 atom stereocenters. The third kappa shape index (κ3) is 4.81. The molecule has 0 aliphatic carbocycles. The largest absolute Gasteiger partial charge is 0.282 e. The Bertz CT molecular complexity index is 805. The van der Waals surface area contributed by atoms with Crippen LogP contribution in [0.25, 0.3) is 22.8 Å². The molecule has 5 nitrogen and oxygen atoms in total. The van der Waals surface area contributed by atoms with Crippen LogP contribution >= 0.6 is 0 Å². The van der Waals surface area contributed by atoms with E-state index in [1.807, 2.05) is 18.2 Å². The fraction of sp³-hybridized carbons (Fsp3) is 0.476. The van der Waals surface area contributed by atoms with Gasteiger partial charge in [0.2, 0.25) is 0 Å². The lowest BCUT2D eigenvalue weighted by molar-refractivity contribution is 0.405. The van der Waals surface area contributed by atoms with Gasteiger partial charge in [-0.1, -0.05) is 47.6 Å². The normalized spacial score (nSPS) is 12.5. The van der Waals surface area contributed by atoms with Crippen molar-refractivity contribution in [3.05, 3.63) is 41.7 Å². The van der Waals surface area contributed by atoms with Gasteiger partial charge >= 0.3 is 0 Å². The molecule has 0 radical (unpaired) electrons. The summed E-state index contributed by atoms with van der Waals surface area (Å²) in [6.45, 7) is 13.3. The Balaban J connectivity index is 1.83. The SMILES string of the molecule is CC(C)(C)Cc1cc(-c2cccc(-c3cc(CC(C)(C)C)[nH]n3)n2)n[nH]1. The highest BCUT2D eigenvalue weighted by Gasteiger charge is 2.16. The lowest BCUT2D eigenvalue weighted by Crippen LogP contribution is -2.09. The molecule has 0 aromatic carbocycles. The van der Waals surface area contributed by atoms with E-state index in [0.717, 1.165) is 47.0 Å². The van der Waals surface area contributed by atoms with E-state index >= 15 is 0 Å². The van der Waals surface area contributed by atoms with E-state index in [2.05, 4.69) is 74.1 Å². The van der Waals surface area contributed by atoms with E-state index in [9.17, 15) is 0 Å². The molecule has 3 rings (SSSR count). The second kappa shape index (κ2) is 6.71. The average Bonchev–Trinajstić information content (AvgIpc) is 3.14. The molecule has 0 saturated carbocycles. The van der Waals surface area contributed by atoms with E-state index in [0.29, 0.717) is 0 Å². The number of aromatic amines is 2. The van der Waals surface area contributed by atoms with Crippen molar-refractivity contribution in [3.8, 4) is 22.8 Å². The van der Waals surface area contributed by atoms with Crippen LogP contribution < -0.4 is 0 Å². The average molecular weight is 351 g/mol. The zero-order valence-electron chi connectivity index (χ0n) is 16.6. The van der Waals surface area contributed by atoms with E-state index in [1.165, 1.54) is 0 Å². The molecule has 138 valence electrons. The molecule has 0 spiro atoms. The summed E-state index contributed by atoms with van der Waals surface area (Å²) in [5.74, 6) is 0. The topological polar surface area (TPSA) is 70.2 Å². The van der Waals surface area contributed by atoms with Crippen LogP contribution in [-0.4, -0.2) is 25.4 Å². The molecule has 0 aliphatic rings. The van der Waals surface area contributed by atoms with E-state index in [1.54, 1.807) is 0 Å². The summed E-state index contributed by atoms with van der Waals surface area (Å²) in [5, 5.41) is 15.2. The highest BCUT2D eigenvalue weighted by Crippen LogP contribution is 2.25. The lowest BCUT2D eigenvalue weighted by atomic mass is 9.90. The predicted octanol–water partition coefficient (Wildman–Crippen LogP) is 5.04. The van der Waals surface area contributed by atoms with Gasteiger partial charge in [0.1, 0.15) is 11.4 Å². The van der Waals surface area contributed by atoms with Crippen LogP contribution in [0.15, 0.2) is 30.3 Å². The van der Waals surface area contributed by atoms with Gasteiger partial charge in [-0.2, -0.15) is 10.2 Å². The second-order valence-corrected chi connectivity index (χ2v) is 9.44. The van der Waals surface area contributed by atoms with Crippen molar-refractivity contribution in [2.45, 2.75) is 54.4 Å². The summed E-state index contributed by atoms with van der Waals surface area (Å²) in [6.07, 6.45) is 1.91. The van der Waals surface area contributed by atoms with Crippen molar-refractivity contribution in [1.82, 2.24) is 25.4 Å². The summed E-state index contributed by atoms with van der Waals surface area (Å²) in [7, 11) is 0. The number of pyridine rings is 1. The zero-order chi connectivity index (χ0) is 18.9. The van der Waals surface area contributed by atoms with Gasteiger partial charge in [0.25, 0.3) is 0 Å². The molecule has 5 heteroatoms. The molecule has 0 amide bonds. The molecular formula is C21H29N5. The molecular weight excluding hydrogens is 322 g/mol. The van der Waals surface area contributed by atoms with E-state index in [4.69, 9.17) is 4.98 Å². The molecule has 3 heterocycles. The first-order valence-electron chi connectivity index (χ1n) is 9.15. The fourth-order valence-electron chi connectivity index (χ4n) is 3.03. The van der Waals surface area contributed by atoms with E-state index < -0.39 is 0 Å². The van der Waals surface area contributed by atoms with Gasteiger partial charge in [0.15, 0.2) is 0 Å². The maximum atomic E-state index is 4.77. The molecule has 0 aliphatic heterocycles. The molecule has 2 N–H and O–H groups in total. The number of hydrogen-bond donors (Lipinski definition) is 2. The summed E-state index contributed by atoms with van der Waals surface area (Å²) < 4.78 is 0. The van der Waals surface area contributed by atoms with Crippen molar-refractivity contribution in [1.29, 1.82) is 0 Å². The summed E-state index contributed by atoms with van der Waals surface area (Å²) in [4.78, 5) is 4.77. The van der Waals surface area contributed by atoms with Gasteiger partial charge in [0.05, 0.1) is 11.4 Å². The highest BCUT2D eigenvalue weighted by atomic mass is 15.1. The summed E-state index contributed by atoms with van der Waals surface area (Å²) in [5.41, 5.74) is 6.17. The van der Waals surface area contributed by atoms with Gasteiger partial charge < -0.3 is 0 Å². The number of H-pyrrole nitrogens is 2. The van der Waals surface area contributed by atoms with E-state index in [-0.39, 0.29) is 10.8 Å². The third-order valence-electron chi connectivity index (χ3n) is 3.98. The van der Waals surface area contributed by atoms with Gasteiger partial charge in [0, 0.05) is 11.4 Å². The van der Waals surface area contributed by atoms with Crippen LogP contribution in [0.3, 0.4) is 0 Å². The van der Waals surface area contributed by atoms with Crippen molar-refractivity contribution < 1.29 is 0 Å². The standard InChI is InChI=1S/C21H29N5/c1-20(2,3)12-14-10-18(25-23-14)16-8-7-9-17(22-16)19-11-15(24-26-19)13-21(4,5)6/h7-11H,12-13H2,1-6H3,(H,23,25)(H,24,26). The first kappa shape index (κ1) is 18.4. The maximum absolute atomic E-state index is 4.77. The van der Waals surface area contributed by atoms with Crippen LogP contribution in [-0.2, 0) is 12.8 Å². The van der Waals surface area contributed by atoms with Gasteiger partial charge in [-0.05, 0) is 47.9 Å². The molecule has 0 unspecified atom stereocenters. The maximum Gasteiger partial charge on any atom is 0.111 e. The Morgan fingerprint density at radius 2 is 1.12 bits per heavy atom. The number of aromatic nitrogens is 5. The Kier molecular flexibility index (Phi) is 4.74. The molecule has 0 bridgehead atoms. The summed E-state index contributed by atoms with van der Waals surface area (Å²) >= 11 is 0. The molecule has 0 saturated heterocycles. The monoisotopic (exact) mass is 351 g/mol. The van der Waals surface area contributed by atoms with Gasteiger partial charge in [-0.3, -0.25) is 10.2 Å². The Labute approximate surface area is 155 Å². The van der Waals surface area contributed by atoms with Crippen LogP contribution in [0.5, 0.6) is 0 Å². The minimum absolute atomic E-state index is 0.220. The first-order valence-corrected chi connectivity index (χ1v) is 9.15. The molecule has 3 aromatic rings.